The van der Waals surface area contributed by atoms with E-state index in [0.29, 0.717) is 11.3 Å². The van der Waals surface area contributed by atoms with E-state index < -0.39 is 17.9 Å². The zero-order valence-electron chi connectivity index (χ0n) is 13.6. The van der Waals surface area contributed by atoms with Gasteiger partial charge in [-0.15, -0.1) is 0 Å². The molecule has 0 saturated heterocycles. The summed E-state index contributed by atoms with van der Waals surface area (Å²) in [6.07, 6.45) is 0.245. The summed E-state index contributed by atoms with van der Waals surface area (Å²) in [6.45, 7) is 0. The second-order valence-corrected chi connectivity index (χ2v) is 5.64. The molecule has 2 aromatic rings. The van der Waals surface area contributed by atoms with Crippen LogP contribution in [0.4, 0.5) is 0 Å². The molecule has 0 aliphatic heterocycles. The van der Waals surface area contributed by atoms with Gasteiger partial charge in [0.05, 0.1) is 7.11 Å². The van der Waals surface area contributed by atoms with E-state index in [1.165, 1.54) is 7.11 Å². The van der Waals surface area contributed by atoms with Crippen LogP contribution in [-0.2, 0) is 11.2 Å². The molecule has 0 aliphatic carbocycles. The number of hydrogen-bond acceptors (Lipinski definition) is 4. The number of carbonyl (C=O) groups excluding carboxylic acids is 1. The molecule has 0 unspecified atom stereocenters. The number of hydrogen-bond donors (Lipinski definition) is 3. The molecule has 1 atom stereocenters. The first-order chi connectivity index (χ1) is 12.0. The van der Waals surface area contributed by atoms with E-state index >= 15 is 0 Å². The summed E-state index contributed by atoms with van der Waals surface area (Å²) in [6, 6.07) is 14.7. The second kappa shape index (κ2) is 8.79. The van der Waals surface area contributed by atoms with Crippen molar-refractivity contribution in [2.24, 2.45) is 0 Å². The van der Waals surface area contributed by atoms with Crippen molar-refractivity contribution in [1.29, 1.82) is 0 Å². The highest BCUT2D eigenvalue weighted by Crippen LogP contribution is 2.11. The van der Waals surface area contributed by atoms with E-state index in [0.717, 1.165) is 5.56 Å². The van der Waals surface area contributed by atoms with Crippen molar-refractivity contribution in [3.63, 3.8) is 0 Å². The van der Waals surface area contributed by atoms with Gasteiger partial charge in [-0.05, 0) is 42.0 Å². The van der Waals surface area contributed by atoms with E-state index in [9.17, 15) is 14.7 Å². The van der Waals surface area contributed by atoms with E-state index in [1.54, 1.807) is 24.3 Å². The van der Waals surface area contributed by atoms with Crippen molar-refractivity contribution in [2.45, 2.75) is 12.5 Å². The van der Waals surface area contributed by atoms with Gasteiger partial charge in [0.25, 0.3) is 5.91 Å². The molecule has 130 valence electrons. The summed E-state index contributed by atoms with van der Waals surface area (Å²) in [4.78, 5) is 23.6. The Morgan fingerprint density at radius 1 is 1.12 bits per heavy atom. The molecule has 25 heavy (non-hydrogen) atoms. The van der Waals surface area contributed by atoms with E-state index in [4.69, 9.17) is 17.0 Å². The summed E-state index contributed by atoms with van der Waals surface area (Å²) in [7, 11) is 1.53. The van der Waals surface area contributed by atoms with Crippen LogP contribution in [-0.4, -0.2) is 35.2 Å². The topological polar surface area (TPSA) is 87.7 Å². The number of nitrogens with one attached hydrogen (secondary N) is 2. The van der Waals surface area contributed by atoms with Gasteiger partial charge in [-0.2, -0.15) is 0 Å². The molecule has 2 rings (SSSR count). The van der Waals surface area contributed by atoms with Crippen LogP contribution in [0.3, 0.4) is 0 Å². The fourth-order valence-electron chi connectivity index (χ4n) is 2.16. The predicted octanol–water partition coefficient (Wildman–Crippen LogP) is 2.00. The first-order valence-corrected chi connectivity index (χ1v) is 7.93. The lowest BCUT2D eigenvalue weighted by Gasteiger charge is -2.17. The van der Waals surface area contributed by atoms with Crippen LogP contribution in [0.2, 0.25) is 0 Å². The van der Waals surface area contributed by atoms with Gasteiger partial charge in [-0.25, -0.2) is 4.79 Å². The maximum absolute atomic E-state index is 12.1. The Bertz CT molecular complexity index is 747. The number of rotatable bonds is 6. The van der Waals surface area contributed by atoms with Crippen LogP contribution in [0, 0.1) is 0 Å². The first kappa shape index (κ1) is 18.4. The lowest BCUT2D eigenvalue weighted by atomic mass is 10.1. The molecule has 0 heterocycles. The van der Waals surface area contributed by atoms with Crippen molar-refractivity contribution < 1.29 is 19.4 Å². The molecule has 0 saturated carbocycles. The molecule has 1 amide bonds. The highest BCUT2D eigenvalue weighted by molar-refractivity contribution is 7.80. The number of aliphatic carboxylic acids is 1. The number of ether oxygens (including phenoxy) is 1. The lowest BCUT2D eigenvalue weighted by molar-refractivity contribution is -0.139. The molecule has 6 nitrogen and oxygen atoms in total. The summed E-state index contributed by atoms with van der Waals surface area (Å²) in [5.41, 5.74) is 1.24. The van der Waals surface area contributed by atoms with E-state index in [2.05, 4.69) is 10.6 Å². The number of thiocarbonyl (C=S) groups is 1. The molecular formula is C18H18N2O4S. The van der Waals surface area contributed by atoms with Gasteiger partial charge < -0.3 is 15.2 Å². The second-order valence-electron chi connectivity index (χ2n) is 5.24. The molecule has 2 aromatic carbocycles. The highest BCUT2D eigenvalue weighted by Gasteiger charge is 2.20. The molecule has 0 bridgehead atoms. The quantitative estimate of drug-likeness (QED) is 0.685. The van der Waals surface area contributed by atoms with Crippen molar-refractivity contribution in [3.05, 3.63) is 65.7 Å². The van der Waals surface area contributed by atoms with Crippen LogP contribution >= 0.6 is 12.2 Å². The molecule has 0 fully saturated rings. The standard InChI is InChI=1S/C18H18N2O4S/c1-24-14-9-7-13(8-10-14)16(21)20-18(25)19-15(17(22)23)11-12-5-3-2-4-6-12/h2-10,15H,11H2,1H3,(H,22,23)(H2,19,20,21,25)/t15-/m0/s1. The Labute approximate surface area is 150 Å². The Balaban J connectivity index is 1.96. The Morgan fingerprint density at radius 2 is 1.76 bits per heavy atom. The smallest absolute Gasteiger partial charge is 0.326 e. The number of benzene rings is 2. The van der Waals surface area contributed by atoms with E-state index in [1.807, 2.05) is 30.3 Å². The summed E-state index contributed by atoms with van der Waals surface area (Å²) in [5.74, 6) is -0.847. The number of carboxylic acid groups (broad SMARTS) is 1. The Morgan fingerprint density at radius 3 is 2.32 bits per heavy atom. The lowest BCUT2D eigenvalue weighted by Crippen LogP contribution is -2.48. The Hall–Kier alpha value is -2.93. The van der Waals surface area contributed by atoms with Crippen molar-refractivity contribution in [2.75, 3.05) is 7.11 Å². The van der Waals surface area contributed by atoms with Crippen LogP contribution in [0.15, 0.2) is 54.6 Å². The molecule has 3 N–H and O–H groups in total. The maximum atomic E-state index is 12.1. The molecular weight excluding hydrogens is 340 g/mol. The van der Waals surface area contributed by atoms with Crippen LogP contribution in [0.25, 0.3) is 0 Å². The van der Waals surface area contributed by atoms with Crippen LogP contribution in [0.1, 0.15) is 15.9 Å². The molecule has 0 aliphatic rings. The fourth-order valence-corrected chi connectivity index (χ4v) is 2.40. The SMILES string of the molecule is COc1ccc(C(=O)NC(=S)N[C@@H](Cc2ccccc2)C(=O)O)cc1. The molecule has 0 radical (unpaired) electrons. The summed E-state index contributed by atoms with van der Waals surface area (Å²) < 4.78 is 5.03. The monoisotopic (exact) mass is 358 g/mol. The van der Waals surface area contributed by atoms with Crippen molar-refractivity contribution >= 4 is 29.2 Å². The molecule has 0 spiro atoms. The van der Waals surface area contributed by atoms with Gasteiger partial charge in [0.2, 0.25) is 0 Å². The first-order valence-electron chi connectivity index (χ1n) is 7.52. The zero-order valence-corrected chi connectivity index (χ0v) is 14.4. The van der Waals surface area contributed by atoms with Crippen molar-refractivity contribution in [3.8, 4) is 5.75 Å². The van der Waals surface area contributed by atoms with Gasteiger partial charge in [-0.3, -0.25) is 10.1 Å². The maximum Gasteiger partial charge on any atom is 0.326 e. The third kappa shape index (κ3) is 5.58. The average Bonchev–Trinajstić information content (AvgIpc) is 2.62. The average molecular weight is 358 g/mol. The minimum absolute atomic E-state index is 0.0378. The molecule has 7 heteroatoms. The predicted molar refractivity (Wildman–Crippen MR) is 97.8 cm³/mol. The van der Waals surface area contributed by atoms with Crippen LogP contribution in [0.5, 0.6) is 5.75 Å². The normalized spacial score (nSPS) is 11.2. The third-order valence-electron chi connectivity index (χ3n) is 3.47. The summed E-state index contributed by atoms with van der Waals surface area (Å²) in [5, 5.41) is 14.5. The minimum Gasteiger partial charge on any atom is -0.497 e. The number of amides is 1. The van der Waals surface area contributed by atoms with Gasteiger partial charge in [0.1, 0.15) is 11.8 Å². The largest absolute Gasteiger partial charge is 0.497 e. The summed E-state index contributed by atoms with van der Waals surface area (Å²) >= 11 is 5.06. The number of carboxylic acids is 1. The van der Waals surface area contributed by atoms with Gasteiger partial charge >= 0.3 is 5.97 Å². The Kier molecular flexibility index (Phi) is 6.47. The van der Waals surface area contributed by atoms with Crippen LogP contribution < -0.4 is 15.4 Å². The third-order valence-corrected chi connectivity index (χ3v) is 3.69. The van der Waals surface area contributed by atoms with E-state index in [-0.39, 0.29) is 11.5 Å². The number of methoxy groups -OCH3 is 1. The zero-order chi connectivity index (χ0) is 18.2. The number of carbonyl (C=O) groups is 2. The van der Waals surface area contributed by atoms with Gasteiger partial charge in [-0.1, -0.05) is 30.3 Å². The minimum atomic E-state index is -1.05. The highest BCUT2D eigenvalue weighted by atomic mass is 32.1. The van der Waals surface area contributed by atoms with Crippen molar-refractivity contribution in [1.82, 2.24) is 10.6 Å². The molecule has 0 aromatic heterocycles. The van der Waals surface area contributed by atoms with Gasteiger partial charge in [0, 0.05) is 12.0 Å². The van der Waals surface area contributed by atoms with Gasteiger partial charge in [0.15, 0.2) is 5.11 Å². The fraction of sp³-hybridized carbons (Fsp3) is 0.167.